The fraction of sp³-hybridized carbons (Fsp3) is 0.0909. The number of hydrogen-bond acceptors (Lipinski definition) is 2. The first-order valence-electron chi connectivity index (χ1n) is 4.42. The van der Waals surface area contributed by atoms with Gasteiger partial charge in [-0.05, 0) is 18.2 Å². The first-order valence-corrected chi connectivity index (χ1v) is 5.21. The van der Waals surface area contributed by atoms with Crippen LogP contribution in [0.4, 0.5) is 0 Å². The van der Waals surface area contributed by atoms with Crippen molar-refractivity contribution in [1.29, 1.82) is 0 Å². The Morgan fingerprint density at radius 3 is 2.80 bits per heavy atom. The molecule has 3 nitrogen and oxygen atoms in total. The minimum absolute atomic E-state index is 0.0392. The second kappa shape index (κ2) is 3.98. The zero-order valence-electron chi connectivity index (χ0n) is 7.77. The van der Waals surface area contributed by atoms with Crippen molar-refractivity contribution >= 4 is 32.8 Å². The largest absolute Gasteiger partial charge is 0.481 e. The molecule has 76 valence electrons. The van der Waals surface area contributed by atoms with E-state index in [1.807, 2.05) is 24.3 Å². The summed E-state index contributed by atoms with van der Waals surface area (Å²) in [7, 11) is 0. The van der Waals surface area contributed by atoms with Crippen LogP contribution in [0.15, 0.2) is 34.8 Å². The van der Waals surface area contributed by atoms with E-state index in [2.05, 4.69) is 20.9 Å². The zero-order valence-corrected chi connectivity index (χ0v) is 9.36. The lowest BCUT2D eigenvalue weighted by atomic mass is 10.2. The van der Waals surface area contributed by atoms with E-state index < -0.39 is 5.97 Å². The normalized spacial score (nSPS) is 10.5. The third kappa shape index (κ3) is 2.33. The molecule has 0 amide bonds. The Kier molecular flexibility index (Phi) is 2.68. The number of hydrogen-bond donors (Lipinski definition) is 1. The van der Waals surface area contributed by atoms with Crippen molar-refractivity contribution in [2.75, 3.05) is 0 Å². The number of carboxylic acids is 1. The van der Waals surface area contributed by atoms with Crippen molar-refractivity contribution in [3.8, 4) is 0 Å². The quantitative estimate of drug-likeness (QED) is 0.908. The summed E-state index contributed by atoms with van der Waals surface area (Å²) in [5, 5.41) is 9.65. The van der Waals surface area contributed by atoms with E-state index in [0.717, 1.165) is 15.4 Å². The van der Waals surface area contributed by atoms with E-state index in [1.54, 1.807) is 6.07 Å². The Bertz CT molecular complexity index is 525. The molecule has 0 unspecified atom stereocenters. The number of fused-ring (bicyclic) bond motifs is 1. The van der Waals surface area contributed by atoms with Gasteiger partial charge in [0, 0.05) is 9.86 Å². The van der Waals surface area contributed by atoms with Crippen molar-refractivity contribution in [2.24, 2.45) is 0 Å². The molecule has 0 spiro atoms. The van der Waals surface area contributed by atoms with Crippen LogP contribution in [0.5, 0.6) is 0 Å². The van der Waals surface area contributed by atoms with Crippen LogP contribution in [0.25, 0.3) is 10.9 Å². The second-order valence-corrected chi connectivity index (χ2v) is 4.13. The van der Waals surface area contributed by atoms with E-state index in [1.165, 1.54) is 0 Å². The zero-order chi connectivity index (χ0) is 10.8. The number of carboxylic acid groups (broad SMARTS) is 1. The first-order chi connectivity index (χ1) is 7.15. The van der Waals surface area contributed by atoms with Crippen molar-refractivity contribution in [3.63, 3.8) is 0 Å². The van der Waals surface area contributed by atoms with Crippen molar-refractivity contribution < 1.29 is 9.90 Å². The van der Waals surface area contributed by atoms with Crippen LogP contribution < -0.4 is 0 Å². The molecule has 0 aliphatic heterocycles. The van der Waals surface area contributed by atoms with Crippen molar-refractivity contribution in [3.05, 3.63) is 40.5 Å². The molecular weight excluding hydrogens is 258 g/mol. The molecule has 0 bridgehead atoms. The van der Waals surface area contributed by atoms with Crippen molar-refractivity contribution in [1.82, 2.24) is 4.98 Å². The SMILES string of the molecule is O=C(O)Cc1ccc2ccc(Br)cc2n1. The number of rotatable bonds is 2. The molecule has 2 aromatic rings. The van der Waals surface area contributed by atoms with E-state index in [-0.39, 0.29) is 6.42 Å². The topological polar surface area (TPSA) is 50.2 Å². The molecule has 0 aliphatic rings. The van der Waals surface area contributed by atoms with E-state index in [9.17, 15) is 4.79 Å². The molecule has 1 N–H and O–H groups in total. The predicted molar refractivity (Wildman–Crippen MR) is 60.8 cm³/mol. The highest BCUT2D eigenvalue weighted by Crippen LogP contribution is 2.18. The van der Waals surface area contributed by atoms with Gasteiger partial charge >= 0.3 is 5.97 Å². The van der Waals surface area contributed by atoms with Gasteiger partial charge in [0.05, 0.1) is 17.6 Å². The van der Waals surface area contributed by atoms with E-state index in [0.29, 0.717) is 5.69 Å². The average Bonchev–Trinajstić information content (AvgIpc) is 2.16. The number of benzene rings is 1. The summed E-state index contributed by atoms with van der Waals surface area (Å²) >= 11 is 3.35. The molecule has 4 heteroatoms. The first kappa shape index (κ1) is 10.1. The smallest absolute Gasteiger partial charge is 0.309 e. The molecule has 1 aromatic carbocycles. The van der Waals surface area contributed by atoms with Gasteiger partial charge in [-0.3, -0.25) is 9.78 Å². The third-order valence-corrected chi connectivity index (χ3v) is 2.54. The molecule has 1 aromatic heterocycles. The molecule has 0 saturated heterocycles. The van der Waals surface area contributed by atoms with Gasteiger partial charge in [0.1, 0.15) is 0 Å². The fourth-order valence-corrected chi connectivity index (χ4v) is 1.73. The summed E-state index contributed by atoms with van der Waals surface area (Å²) in [5.41, 5.74) is 1.39. The Morgan fingerprint density at radius 1 is 1.33 bits per heavy atom. The summed E-state index contributed by atoms with van der Waals surface area (Å²) < 4.78 is 0.940. The summed E-state index contributed by atoms with van der Waals surface area (Å²) in [5.74, 6) is -0.864. The van der Waals surface area contributed by atoms with Crippen LogP contribution in [0.1, 0.15) is 5.69 Å². The Labute approximate surface area is 94.9 Å². The van der Waals surface area contributed by atoms with Gasteiger partial charge in [0.25, 0.3) is 0 Å². The maximum atomic E-state index is 10.5. The number of nitrogens with zero attached hydrogens (tertiary/aromatic N) is 1. The van der Waals surface area contributed by atoms with E-state index in [4.69, 9.17) is 5.11 Å². The molecule has 15 heavy (non-hydrogen) atoms. The van der Waals surface area contributed by atoms with Gasteiger partial charge in [-0.2, -0.15) is 0 Å². The molecule has 0 aliphatic carbocycles. The summed E-state index contributed by atoms with van der Waals surface area (Å²) in [6.07, 6.45) is -0.0392. The number of carbonyl (C=O) groups is 1. The van der Waals surface area contributed by atoms with Crippen LogP contribution in [0, 0.1) is 0 Å². The van der Waals surface area contributed by atoms with Crippen LogP contribution in [-0.4, -0.2) is 16.1 Å². The van der Waals surface area contributed by atoms with Crippen LogP contribution in [0.3, 0.4) is 0 Å². The molecule has 2 rings (SSSR count). The van der Waals surface area contributed by atoms with Crippen molar-refractivity contribution in [2.45, 2.75) is 6.42 Å². The number of aliphatic carboxylic acids is 1. The number of halogens is 1. The highest BCUT2D eigenvalue weighted by atomic mass is 79.9. The van der Waals surface area contributed by atoms with Gasteiger partial charge in [-0.1, -0.05) is 28.1 Å². The van der Waals surface area contributed by atoms with Crippen LogP contribution in [-0.2, 0) is 11.2 Å². The van der Waals surface area contributed by atoms with Gasteiger partial charge < -0.3 is 5.11 Å². The lowest BCUT2D eigenvalue weighted by Crippen LogP contribution is -2.01. The molecular formula is C11H8BrNO2. The predicted octanol–water partition coefficient (Wildman–Crippen LogP) is 2.62. The summed E-state index contributed by atoms with van der Waals surface area (Å²) in [6.45, 7) is 0. The minimum atomic E-state index is -0.864. The Hall–Kier alpha value is -1.42. The highest BCUT2D eigenvalue weighted by Gasteiger charge is 2.03. The molecule has 0 radical (unpaired) electrons. The molecule has 1 heterocycles. The molecule has 0 fully saturated rings. The maximum absolute atomic E-state index is 10.5. The van der Waals surface area contributed by atoms with Crippen LogP contribution in [0.2, 0.25) is 0 Å². The van der Waals surface area contributed by atoms with Gasteiger partial charge in [-0.15, -0.1) is 0 Å². The van der Waals surface area contributed by atoms with Gasteiger partial charge in [-0.25, -0.2) is 0 Å². The van der Waals surface area contributed by atoms with Gasteiger partial charge in [0.2, 0.25) is 0 Å². The lowest BCUT2D eigenvalue weighted by molar-refractivity contribution is -0.136. The lowest BCUT2D eigenvalue weighted by Gasteiger charge is -2.00. The summed E-state index contributed by atoms with van der Waals surface area (Å²) in [4.78, 5) is 14.8. The maximum Gasteiger partial charge on any atom is 0.309 e. The third-order valence-electron chi connectivity index (χ3n) is 2.04. The summed E-state index contributed by atoms with van der Waals surface area (Å²) in [6, 6.07) is 9.37. The Balaban J connectivity index is 2.49. The molecule has 0 atom stereocenters. The number of aromatic nitrogens is 1. The standard InChI is InChI=1S/C11H8BrNO2/c12-8-3-1-7-2-4-9(6-11(14)15)13-10(7)5-8/h1-5H,6H2,(H,14,15). The van der Waals surface area contributed by atoms with Gasteiger partial charge in [0.15, 0.2) is 0 Å². The minimum Gasteiger partial charge on any atom is -0.481 e. The second-order valence-electron chi connectivity index (χ2n) is 3.21. The highest BCUT2D eigenvalue weighted by molar-refractivity contribution is 9.10. The monoisotopic (exact) mass is 265 g/mol. The molecule has 0 saturated carbocycles. The average molecular weight is 266 g/mol. The Morgan fingerprint density at radius 2 is 2.07 bits per heavy atom. The number of pyridine rings is 1. The van der Waals surface area contributed by atoms with E-state index >= 15 is 0 Å². The van der Waals surface area contributed by atoms with Crippen LogP contribution >= 0.6 is 15.9 Å². The fourth-order valence-electron chi connectivity index (χ4n) is 1.39.